The van der Waals surface area contributed by atoms with Crippen LogP contribution in [0.25, 0.3) is 16.5 Å². The number of fused-ring (bicyclic) bond motifs is 1. The second-order valence-electron chi connectivity index (χ2n) is 14.9. The number of carbonyl (C=O) groups is 2. The van der Waals surface area contributed by atoms with Gasteiger partial charge in [-0.1, -0.05) is 64.4 Å². The summed E-state index contributed by atoms with van der Waals surface area (Å²) >= 11 is 6.44. The van der Waals surface area contributed by atoms with Gasteiger partial charge in [0.25, 0.3) is 12.3 Å². The lowest BCUT2D eigenvalue weighted by molar-refractivity contribution is -0.164. The number of pyridine rings is 1. The van der Waals surface area contributed by atoms with Crippen molar-refractivity contribution in [1.29, 1.82) is 0 Å². The van der Waals surface area contributed by atoms with Crippen molar-refractivity contribution in [3.8, 4) is 5.69 Å². The van der Waals surface area contributed by atoms with E-state index in [-0.39, 0.29) is 47.4 Å². The van der Waals surface area contributed by atoms with Crippen LogP contribution in [0.15, 0.2) is 60.0 Å². The van der Waals surface area contributed by atoms with E-state index >= 15 is 4.79 Å². The standard InChI is InChI=1S/C36H38ClF5N8O3/c1-19(2)27-23-8-7-22(14-20(23)10-13-44-27)35(17-33(3,4)5)30(51)49(31(43)47-35)26(16-53-32(52)48-34(11-12-34)36(40,41)42)21-6-9-24(37)25(15-21)50-29(28(38)39)45-18-46-50/h6-10,13-15,18-19,26,28H,11-12,16-17H2,1-5H3,(H2,43,47)(H,48,52)/t26-,35-/m1/s1. The Morgan fingerprint density at radius 1 is 1.08 bits per heavy atom. The number of benzene rings is 2. The van der Waals surface area contributed by atoms with Gasteiger partial charge >= 0.3 is 12.3 Å². The highest BCUT2D eigenvalue weighted by atomic mass is 35.5. The molecule has 1 aliphatic carbocycles. The lowest BCUT2D eigenvalue weighted by Crippen LogP contribution is -2.50. The Morgan fingerprint density at radius 3 is 2.42 bits per heavy atom. The number of aliphatic imine (C=N–C) groups is 1. The molecule has 2 aromatic carbocycles. The third-order valence-electron chi connectivity index (χ3n) is 9.40. The zero-order valence-electron chi connectivity index (χ0n) is 29.5. The molecule has 1 aliphatic heterocycles. The maximum absolute atomic E-state index is 15.0. The minimum Gasteiger partial charge on any atom is -0.447 e. The first-order valence-electron chi connectivity index (χ1n) is 16.8. The quantitative estimate of drug-likeness (QED) is 0.157. The maximum Gasteiger partial charge on any atom is 0.411 e. The van der Waals surface area contributed by atoms with Crippen molar-refractivity contribution in [2.75, 3.05) is 6.61 Å². The molecule has 1 fully saturated rings. The van der Waals surface area contributed by atoms with Crippen LogP contribution in [0, 0.1) is 5.41 Å². The van der Waals surface area contributed by atoms with Crippen LogP contribution < -0.4 is 11.1 Å². The number of nitrogens with one attached hydrogen (secondary N) is 1. The molecule has 0 radical (unpaired) electrons. The molecule has 2 atom stereocenters. The molecule has 3 N–H and O–H groups in total. The van der Waals surface area contributed by atoms with Crippen molar-refractivity contribution < 1.29 is 36.3 Å². The zero-order chi connectivity index (χ0) is 38.7. The monoisotopic (exact) mass is 760 g/mol. The highest BCUT2D eigenvalue weighted by molar-refractivity contribution is 6.32. The Bertz CT molecular complexity index is 2090. The van der Waals surface area contributed by atoms with Gasteiger partial charge < -0.3 is 15.8 Å². The minimum absolute atomic E-state index is 0.0118. The van der Waals surface area contributed by atoms with Crippen LogP contribution in [-0.4, -0.2) is 60.9 Å². The number of halogens is 6. The number of ether oxygens (including phenoxy) is 1. The number of alkyl carbamates (subject to hydrolysis) is 1. The molecular weight excluding hydrogens is 723 g/mol. The van der Waals surface area contributed by atoms with Gasteiger partial charge in [-0.2, -0.15) is 18.3 Å². The number of rotatable bonds is 10. The largest absolute Gasteiger partial charge is 0.447 e. The fourth-order valence-electron chi connectivity index (χ4n) is 6.79. The number of hydrogen-bond acceptors (Lipinski definition) is 8. The average Bonchev–Trinajstić information content (AvgIpc) is 3.62. The van der Waals surface area contributed by atoms with E-state index in [2.05, 4.69) is 15.1 Å². The smallest absolute Gasteiger partial charge is 0.411 e. The second-order valence-corrected chi connectivity index (χ2v) is 15.3. The molecule has 11 nitrogen and oxygen atoms in total. The number of aromatic nitrogens is 4. The van der Waals surface area contributed by atoms with E-state index in [0.717, 1.165) is 32.4 Å². The average molecular weight is 761 g/mol. The normalized spacial score (nSPS) is 19.2. The molecule has 17 heteroatoms. The van der Waals surface area contributed by atoms with E-state index in [1.54, 1.807) is 12.3 Å². The van der Waals surface area contributed by atoms with Crippen molar-refractivity contribution in [1.82, 2.24) is 30.0 Å². The highest BCUT2D eigenvalue weighted by Gasteiger charge is 2.64. The molecule has 6 rings (SSSR count). The summed E-state index contributed by atoms with van der Waals surface area (Å²) < 4.78 is 75.0. The third-order valence-corrected chi connectivity index (χ3v) is 9.72. The Labute approximate surface area is 306 Å². The van der Waals surface area contributed by atoms with E-state index in [4.69, 9.17) is 27.1 Å². The lowest BCUT2D eigenvalue weighted by atomic mass is 9.75. The van der Waals surface area contributed by atoms with Crippen LogP contribution in [0.4, 0.5) is 26.7 Å². The van der Waals surface area contributed by atoms with E-state index in [1.165, 1.54) is 18.2 Å². The molecule has 53 heavy (non-hydrogen) atoms. The first-order valence-corrected chi connectivity index (χ1v) is 17.2. The SMILES string of the molecule is CC(C)c1nccc2cc([C@@]3(CC(C)(C)C)N=C(N)N([C@H](COC(=O)NC4(C(F)(F)F)CC4)c4ccc(Cl)c(-n5ncnc5C(F)F)c4)C3=O)ccc12. The van der Waals surface area contributed by atoms with Gasteiger partial charge in [-0.3, -0.25) is 14.7 Å². The highest BCUT2D eigenvalue weighted by Crippen LogP contribution is 2.49. The summed E-state index contributed by atoms with van der Waals surface area (Å²) in [5.74, 6) is -1.46. The Hall–Kier alpha value is -4.86. The first-order chi connectivity index (χ1) is 24.8. The van der Waals surface area contributed by atoms with Crippen LogP contribution >= 0.6 is 11.6 Å². The predicted octanol–water partition coefficient (Wildman–Crippen LogP) is 7.88. The summed E-state index contributed by atoms with van der Waals surface area (Å²) in [6, 6.07) is 10.2. The van der Waals surface area contributed by atoms with Crippen molar-refractivity contribution in [3.05, 3.63) is 82.7 Å². The van der Waals surface area contributed by atoms with Gasteiger partial charge in [0, 0.05) is 11.6 Å². The fourth-order valence-corrected chi connectivity index (χ4v) is 6.99. The molecule has 2 aromatic heterocycles. The van der Waals surface area contributed by atoms with Gasteiger partial charge in [0.05, 0.1) is 22.4 Å². The number of carbonyl (C=O) groups excluding carboxylic acids is 2. The molecule has 2 amide bonds. The van der Waals surface area contributed by atoms with Gasteiger partial charge in [-0.05, 0) is 71.4 Å². The maximum atomic E-state index is 15.0. The van der Waals surface area contributed by atoms with Crippen LogP contribution in [0.1, 0.15) is 94.9 Å². The third kappa shape index (κ3) is 7.12. The molecular formula is C36H38ClF5N8O3. The fraction of sp³-hybridized carbons (Fsp3) is 0.444. The molecule has 0 bridgehead atoms. The van der Waals surface area contributed by atoms with Crippen molar-refractivity contribution in [3.63, 3.8) is 0 Å². The molecule has 0 unspecified atom stereocenters. The first kappa shape index (κ1) is 37.9. The lowest BCUT2D eigenvalue weighted by Gasteiger charge is -2.35. The van der Waals surface area contributed by atoms with E-state index in [9.17, 15) is 26.7 Å². The second kappa shape index (κ2) is 13.5. The Balaban J connectivity index is 1.45. The molecule has 0 spiro atoms. The van der Waals surface area contributed by atoms with Crippen molar-refractivity contribution >= 4 is 40.3 Å². The number of nitrogens with two attached hydrogens (primary N) is 1. The number of hydrogen-bond donors (Lipinski definition) is 2. The summed E-state index contributed by atoms with van der Waals surface area (Å²) in [6.07, 6.45) is -6.97. The predicted molar refractivity (Wildman–Crippen MR) is 187 cm³/mol. The molecule has 4 aromatic rings. The number of amides is 2. The Kier molecular flexibility index (Phi) is 9.67. The molecule has 3 heterocycles. The molecule has 2 aliphatic rings. The molecule has 282 valence electrons. The van der Waals surface area contributed by atoms with E-state index in [0.29, 0.717) is 5.56 Å². The number of nitrogens with zero attached hydrogens (tertiary/aromatic N) is 6. The van der Waals surface area contributed by atoms with Crippen LogP contribution in [-0.2, 0) is 15.1 Å². The summed E-state index contributed by atoms with van der Waals surface area (Å²) in [6.45, 7) is 9.14. The summed E-state index contributed by atoms with van der Waals surface area (Å²) in [5.41, 5.74) is 3.62. The van der Waals surface area contributed by atoms with E-state index < -0.39 is 59.6 Å². The van der Waals surface area contributed by atoms with E-state index in [1.807, 2.05) is 58.1 Å². The van der Waals surface area contributed by atoms with Crippen LogP contribution in [0.5, 0.6) is 0 Å². The van der Waals surface area contributed by atoms with Gasteiger partial charge in [-0.15, -0.1) is 0 Å². The topological polar surface area (TPSA) is 141 Å². The van der Waals surface area contributed by atoms with Gasteiger partial charge in [0.2, 0.25) is 0 Å². The van der Waals surface area contributed by atoms with Crippen molar-refractivity contribution in [2.24, 2.45) is 16.1 Å². The molecule has 0 saturated heterocycles. The van der Waals surface area contributed by atoms with Crippen molar-refractivity contribution in [2.45, 2.75) is 89.5 Å². The summed E-state index contributed by atoms with van der Waals surface area (Å²) in [5, 5.41) is 7.50. The molecule has 1 saturated carbocycles. The number of guanidine groups is 1. The summed E-state index contributed by atoms with van der Waals surface area (Å²) in [7, 11) is 0. The zero-order valence-corrected chi connectivity index (χ0v) is 30.3. The minimum atomic E-state index is -4.71. The number of alkyl halides is 5. The van der Waals surface area contributed by atoms with Gasteiger partial charge in [0.15, 0.2) is 17.3 Å². The Morgan fingerprint density at radius 2 is 1.79 bits per heavy atom. The van der Waals surface area contributed by atoms with Crippen LogP contribution in [0.3, 0.4) is 0 Å². The summed E-state index contributed by atoms with van der Waals surface area (Å²) in [4.78, 5) is 42.0. The van der Waals surface area contributed by atoms with Gasteiger partial charge in [0.1, 0.15) is 18.5 Å². The van der Waals surface area contributed by atoms with Crippen LogP contribution in [0.2, 0.25) is 5.02 Å². The van der Waals surface area contributed by atoms with Gasteiger partial charge in [-0.25, -0.2) is 28.2 Å².